The van der Waals surface area contributed by atoms with E-state index in [-0.39, 0.29) is 0 Å². The molecule has 1 saturated heterocycles. The first-order valence-electron chi connectivity index (χ1n) is 6.95. The Bertz CT molecular complexity index is 400. The van der Waals surface area contributed by atoms with Crippen molar-refractivity contribution in [2.45, 2.75) is 43.8 Å². The molecule has 0 radical (unpaired) electrons. The van der Waals surface area contributed by atoms with Gasteiger partial charge in [-0.25, -0.2) is 0 Å². The summed E-state index contributed by atoms with van der Waals surface area (Å²) in [6.45, 7) is 3.81. The van der Waals surface area contributed by atoms with E-state index in [4.69, 9.17) is 0 Å². The van der Waals surface area contributed by atoms with Crippen molar-refractivity contribution >= 4 is 19.0 Å². The number of hydrogen-bond acceptors (Lipinski definition) is 1. The minimum Gasteiger partial charge on any atom is -0.300 e. The summed E-state index contributed by atoms with van der Waals surface area (Å²) in [6.07, 6.45) is 5.99. The summed E-state index contributed by atoms with van der Waals surface area (Å²) in [5.41, 5.74) is 0. The van der Waals surface area contributed by atoms with Crippen LogP contribution in [0.4, 0.5) is 0 Å². The normalized spacial score (nSPS) is 18.6. The molecule has 0 saturated carbocycles. The fourth-order valence-corrected chi connectivity index (χ4v) is 7.98. The maximum atomic E-state index is 11.5. The number of rotatable bonds is 5. The molecule has 0 aliphatic carbocycles. The molecule has 0 aromatic heterocycles. The van der Waals surface area contributed by atoms with Gasteiger partial charge in [0.2, 0.25) is 0 Å². The van der Waals surface area contributed by atoms with Crippen molar-refractivity contribution in [1.82, 2.24) is 0 Å². The number of carbonyl (C=O) groups excluding carboxylic acids is 1. The summed E-state index contributed by atoms with van der Waals surface area (Å²) in [4.78, 5) is 11.5. The summed E-state index contributed by atoms with van der Waals surface area (Å²) in [5, 5.41) is 1.56. The Morgan fingerprint density at radius 2 is 1.83 bits per heavy atom. The molecule has 0 unspecified atom stereocenters. The van der Waals surface area contributed by atoms with Crippen LogP contribution in [0.15, 0.2) is 43.0 Å². The summed E-state index contributed by atoms with van der Waals surface area (Å²) in [6, 6.07) is 14.6. The topological polar surface area (TPSA) is 17.1 Å². The van der Waals surface area contributed by atoms with Crippen molar-refractivity contribution in [1.29, 1.82) is 0 Å². The fraction of sp³-hybridized carbons (Fsp3) is 0.438. The molecular weight excluding hydrogens is 236 g/mol. The second-order valence-electron chi connectivity index (χ2n) is 5.37. The second-order valence-corrected chi connectivity index (χ2v) is 10.0. The predicted octanol–water partition coefficient (Wildman–Crippen LogP) is 3.67. The van der Waals surface area contributed by atoms with E-state index in [1.165, 1.54) is 12.5 Å². The van der Waals surface area contributed by atoms with Crippen LogP contribution in [0.1, 0.15) is 25.7 Å². The number of ketones is 1. The highest BCUT2D eigenvalue weighted by Crippen LogP contribution is 2.31. The standard InChI is InChI=1S/C16H22OSi/c1-2-3-7-12-18(13-10-15(17)11-14-18)16-8-5-4-6-9-16/h2,4-6,8-9H,1,3,7,10-14H2. The number of carbonyl (C=O) groups is 1. The van der Waals surface area contributed by atoms with Gasteiger partial charge in [-0.15, -0.1) is 6.58 Å². The zero-order chi connectivity index (χ0) is 12.8. The minimum atomic E-state index is -1.41. The van der Waals surface area contributed by atoms with E-state index in [0.29, 0.717) is 5.78 Å². The lowest BCUT2D eigenvalue weighted by atomic mass is 10.2. The molecule has 0 bridgehead atoms. The molecule has 0 atom stereocenters. The Balaban J connectivity index is 2.17. The third-order valence-electron chi connectivity index (χ3n) is 4.21. The monoisotopic (exact) mass is 258 g/mol. The third kappa shape index (κ3) is 2.99. The lowest BCUT2D eigenvalue weighted by Crippen LogP contribution is -2.50. The molecule has 1 aliphatic rings. The lowest BCUT2D eigenvalue weighted by molar-refractivity contribution is -0.118. The van der Waals surface area contributed by atoms with Crippen molar-refractivity contribution in [2.75, 3.05) is 0 Å². The average Bonchev–Trinajstić information content (AvgIpc) is 2.43. The van der Waals surface area contributed by atoms with E-state index in [1.54, 1.807) is 5.19 Å². The Kier molecular flexibility index (Phi) is 4.53. The van der Waals surface area contributed by atoms with Crippen molar-refractivity contribution in [2.24, 2.45) is 0 Å². The van der Waals surface area contributed by atoms with Gasteiger partial charge in [0, 0.05) is 12.8 Å². The Morgan fingerprint density at radius 3 is 2.44 bits per heavy atom. The maximum Gasteiger partial charge on any atom is 0.132 e. The van der Waals surface area contributed by atoms with E-state index in [0.717, 1.165) is 31.4 Å². The molecule has 2 heteroatoms. The highest BCUT2D eigenvalue weighted by Gasteiger charge is 2.37. The Hall–Kier alpha value is -1.15. The molecule has 1 heterocycles. The van der Waals surface area contributed by atoms with E-state index >= 15 is 0 Å². The number of benzene rings is 1. The lowest BCUT2D eigenvalue weighted by Gasteiger charge is -2.35. The van der Waals surface area contributed by atoms with Crippen LogP contribution in [0.25, 0.3) is 0 Å². The molecule has 1 nitrogen and oxygen atoms in total. The molecule has 2 rings (SSSR count). The van der Waals surface area contributed by atoms with E-state index in [9.17, 15) is 4.79 Å². The molecule has 96 valence electrons. The summed E-state index contributed by atoms with van der Waals surface area (Å²) in [7, 11) is -1.41. The molecule has 1 aliphatic heterocycles. The van der Waals surface area contributed by atoms with Gasteiger partial charge in [-0.1, -0.05) is 54.1 Å². The van der Waals surface area contributed by atoms with Crippen molar-refractivity contribution in [3.8, 4) is 0 Å². The predicted molar refractivity (Wildman–Crippen MR) is 79.9 cm³/mol. The van der Waals surface area contributed by atoms with Gasteiger partial charge in [-0.3, -0.25) is 4.79 Å². The van der Waals surface area contributed by atoms with Gasteiger partial charge < -0.3 is 0 Å². The second kappa shape index (κ2) is 6.14. The van der Waals surface area contributed by atoms with Crippen molar-refractivity contribution < 1.29 is 4.79 Å². The van der Waals surface area contributed by atoms with E-state index in [1.807, 2.05) is 6.08 Å². The minimum absolute atomic E-state index is 0.470. The number of unbranched alkanes of at least 4 members (excludes halogenated alkanes) is 1. The van der Waals surface area contributed by atoms with Gasteiger partial charge in [0.15, 0.2) is 0 Å². The van der Waals surface area contributed by atoms with Crippen LogP contribution < -0.4 is 5.19 Å². The largest absolute Gasteiger partial charge is 0.300 e. The van der Waals surface area contributed by atoms with Crippen LogP contribution in [0, 0.1) is 0 Å². The maximum absolute atomic E-state index is 11.5. The van der Waals surface area contributed by atoms with Crippen LogP contribution in [0.5, 0.6) is 0 Å². The summed E-state index contributed by atoms with van der Waals surface area (Å²) >= 11 is 0. The molecule has 18 heavy (non-hydrogen) atoms. The average molecular weight is 258 g/mol. The molecule has 1 aromatic rings. The fourth-order valence-electron chi connectivity index (χ4n) is 3.07. The van der Waals surface area contributed by atoms with Crippen molar-refractivity contribution in [3.05, 3.63) is 43.0 Å². The SMILES string of the molecule is C=CCCC[Si]1(c2ccccc2)CCC(=O)CC1. The van der Waals surface area contributed by atoms with E-state index < -0.39 is 8.07 Å². The zero-order valence-corrected chi connectivity index (χ0v) is 12.0. The third-order valence-corrected chi connectivity index (χ3v) is 9.50. The Labute approximate surface area is 111 Å². The summed E-state index contributed by atoms with van der Waals surface area (Å²) < 4.78 is 0. The van der Waals surface area contributed by atoms with Crippen LogP contribution in [0.2, 0.25) is 18.1 Å². The van der Waals surface area contributed by atoms with Gasteiger partial charge in [-0.2, -0.15) is 0 Å². The Morgan fingerprint density at radius 1 is 1.17 bits per heavy atom. The molecule has 1 fully saturated rings. The molecule has 0 amide bonds. The smallest absolute Gasteiger partial charge is 0.132 e. The highest BCUT2D eigenvalue weighted by molar-refractivity contribution is 6.92. The van der Waals surface area contributed by atoms with Crippen LogP contribution in [-0.4, -0.2) is 13.9 Å². The van der Waals surface area contributed by atoms with Gasteiger partial charge in [0.1, 0.15) is 5.78 Å². The number of allylic oxidation sites excluding steroid dienone is 1. The van der Waals surface area contributed by atoms with Crippen LogP contribution in [-0.2, 0) is 4.79 Å². The molecule has 0 spiro atoms. The quantitative estimate of drug-likeness (QED) is 0.447. The van der Waals surface area contributed by atoms with E-state index in [2.05, 4.69) is 36.9 Å². The zero-order valence-electron chi connectivity index (χ0n) is 11.0. The van der Waals surface area contributed by atoms with Crippen LogP contribution >= 0.6 is 0 Å². The van der Waals surface area contributed by atoms with Gasteiger partial charge >= 0.3 is 0 Å². The van der Waals surface area contributed by atoms with Gasteiger partial charge in [-0.05, 0) is 18.5 Å². The summed E-state index contributed by atoms with van der Waals surface area (Å²) in [5.74, 6) is 0.470. The first-order chi connectivity index (χ1) is 8.77. The number of hydrogen-bond donors (Lipinski definition) is 0. The van der Waals surface area contributed by atoms with Crippen molar-refractivity contribution in [3.63, 3.8) is 0 Å². The highest BCUT2D eigenvalue weighted by atomic mass is 28.3. The molecular formula is C16H22OSi. The first kappa shape index (κ1) is 13.3. The van der Waals surface area contributed by atoms with Gasteiger partial charge in [0.25, 0.3) is 0 Å². The van der Waals surface area contributed by atoms with Crippen LogP contribution in [0.3, 0.4) is 0 Å². The number of Topliss-reactive ketones (excluding diaryl/α,β-unsaturated/α-hetero) is 1. The van der Waals surface area contributed by atoms with Gasteiger partial charge in [0.05, 0.1) is 8.07 Å². The first-order valence-corrected chi connectivity index (χ1v) is 9.57. The molecule has 0 N–H and O–H groups in total. The molecule has 1 aromatic carbocycles.